The molecule has 0 aromatic carbocycles. The third-order valence-corrected chi connectivity index (χ3v) is 1.63. The lowest BCUT2D eigenvalue weighted by Gasteiger charge is -2.25. The van der Waals surface area contributed by atoms with Gasteiger partial charge in [-0.25, -0.2) is 0 Å². The lowest BCUT2D eigenvalue weighted by Crippen LogP contribution is -2.25. The van der Waals surface area contributed by atoms with Crippen LogP contribution in [-0.2, 0) is 4.74 Å². The van der Waals surface area contributed by atoms with Crippen LogP contribution in [0.25, 0.3) is 0 Å². The minimum atomic E-state index is -0.300. The number of ether oxygens (including phenoxy) is 1. The molecule has 0 aromatic heterocycles. The highest BCUT2D eigenvalue weighted by Gasteiger charge is 2.17. The van der Waals surface area contributed by atoms with E-state index in [9.17, 15) is 0 Å². The van der Waals surface area contributed by atoms with Crippen molar-refractivity contribution in [2.45, 2.75) is 38.4 Å². The number of rotatable bonds is 3. The molecule has 0 amide bonds. The highest BCUT2D eigenvalue weighted by Crippen LogP contribution is 2.21. The molecule has 2 nitrogen and oxygen atoms in total. The predicted molar refractivity (Wildman–Crippen MR) is 35.3 cm³/mol. The molecule has 0 aliphatic heterocycles. The maximum atomic E-state index is 8.80. The minimum absolute atomic E-state index is 0.300. The zero-order chi connectivity index (χ0) is 6.69. The number of hydrogen-bond donors (Lipinski definition) is 1. The summed E-state index contributed by atoms with van der Waals surface area (Å²) < 4.78 is 5.29. The zero-order valence-corrected chi connectivity index (χ0v) is 5.84. The third-order valence-electron chi connectivity index (χ3n) is 1.63. The van der Waals surface area contributed by atoms with Crippen molar-refractivity contribution >= 4 is 0 Å². The molecule has 0 aromatic rings. The van der Waals surface area contributed by atoms with Crippen molar-refractivity contribution in [3.05, 3.63) is 0 Å². The summed E-state index contributed by atoms with van der Waals surface area (Å²) in [7, 11) is 0. The van der Waals surface area contributed by atoms with Gasteiger partial charge in [-0.05, 0) is 26.2 Å². The lowest BCUT2D eigenvalue weighted by atomic mass is 9.96. The summed E-state index contributed by atoms with van der Waals surface area (Å²) in [5, 5.41) is 8.80. The fourth-order valence-electron chi connectivity index (χ4n) is 0.813. The monoisotopic (exact) mass is 130 g/mol. The molecule has 1 atom stereocenters. The van der Waals surface area contributed by atoms with Crippen molar-refractivity contribution < 1.29 is 9.84 Å². The highest BCUT2D eigenvalue weighted by molar-refractivity contribution is 4.69. The second-order valence-electron chi connectivity index (χ2n) is 2.74. The summed E-state index contributed by atoms with van der Waals surface area (Å²) in [6.07, 6.45) is 3.83. The van der Waals surface area contributed by atoms with Crippen LogP contribution in [-0.4, -0.2) is 23.9 Å². The maximum absolute atomic E-state index is 8.80. The number of aliphatic hydroxyl groups excluding tert-OH is 1. The second-order valence-corrected chi connectivity index (χ2v) is 2.74. The molecule has 1 fully saturated rings. The molecule has 54 valence electrons. The van der Waals surface area contributed by atoms with E-state index in [0.717, 1.165) is 0 Å². The SMILES string of the molecule is CC(O)COC1CCC1. The Morgan fingerprint density at radius 1 is 1.67 bits per heavy atom. The van der Waals surface area contributed by atoms with E-state index in [1.807, 2.05) is 0 Å². The van der Waals surface area contributed by atoms with Crippen molar-refractivity contribution in [3.8, 4) is 0 Å². The van der Waals surface area contributed by atoms with Gasteiger partial charge >= 0.3 is 0 Å². The topological polar surface area (TPSA) is 29.5 Å². The molecule has 1 unspecified atom stereocenters. The first-order chi connectivity index (χ1) is 4.29. The molecule has 2 heteroatoms. The van der Waals surface area contributed by atoms with Crippen molar-refractivity contribution in [3.63, 3.8) is 0 Å². The van der Waals surface area contributed by atoms with E-state index in [4.69, 9.17) is 9.84 Å². The number of hydrogen-bond acceptors (Lipinski definition) is 2. The largest absolute Gasteiger partial charge is 0.391 e. The summed E-state index contributed by atoms with van der Waals surface area (Å²) >= 11 is 0. The van der Waals surface area contributed by atoms with E-state index in [2.05, 4.69) is 0 Å². The van der Waals surface area contributed by atoms with Crippen LogP contribution in [0.15, 0.2) is 0 Å². The fraction of sp³-hybridized carbons (Fsp3) is 1.00. The van der Waals surface area contributed by atoms with Crippen LogP contribution in [0.5, 0.6) is 0 Å². The van der Waals surface area contributed by atoms with E-state index in [-0.39, 0.29) is 6.10 Å². The molecular weight excluding hydrogens is 116 g/mol. The molecule has 1 rings (SSSR count). The van der Waals surface area contributed by atoms with Gasteiger partial charge in [0.25, 0.3) is 0 Å². The molecule has 0 heterocycles. The second kappa shape index (κ2) is 3.18. The first kappa shape index (κ1) is 7.03. The van der Waals surface area contributed by atoms with Crippen LogP contribution in [0.3, 0.4) is 0 Å². The Balaban J connectivity index is 1.91. The smallest absolute Gasteiger partial charge is 0.0745 e. The molecular formula is C7H14O2. The van der Waals surface area contributed by atoms with Crippen LogP contribution >= 0.6 is 0 Å². The molecule has 0 bridgehead atoms. The Labute approximate surface area is 55.8 Å². The van der Waals surface area contributed by atoms with Crippen molar-refractivity contribution in [1.82, 2.24) is 0 Å². The lowest BCUT2D eigenvalue weighted by molar-refractivity contribution is -0.0368. The van der Waals surface area contributed by atoms with Crippen molar-refractivity contribution in [2.24, 2.45) is 0 Å². The van der Waals surface area contributed by atoms with Gasteiger partial charge in [0.1, 0.15) is 0 Å². The summed E-state index contributed by atoms with van der Waals surface area (Å²) in [6, 6.07) is 0. The normalized spacial score (nSPS) is 23.3. The molecule has 0 saturated heterocycles. The third kappa shape index (κ3) is 2.33. The van der Waals surface area contributed by atoms with Gasteiger partial charge in [0.15, 0.2) is 0 Å². The van der Waals surface area contributed by atoms with Gasteiger partial charge in [-0.1, -0.05) is 0 Å². The van der Waals surface area contributed by atoms with Crippen LogP contribution in [0, 0.1) is 0 Å². The van der Waals surface area contributed by atoms with E-state index < -0.39 is 0 Å². The molecule has 0 radical (unpaired) electrons. The Bertz CT molecular complexity index is 77.0. The summed E-state index contributed by atoms with van der Waals surface area (Å²) in [4.78, 5) is 0. The number of aliphatic hydroxyl groups is 1. The van der Waals surface area contributed by atoms with Crippen molar-refractivity contribution in [2.75, 3.05) is 6.61 Å². The average Bonchev–Trinajstić information content (AvgIpc) is 1.60. The van der Waals surface area contributed by atoms with Gasteiger partial charge in [0, 0.05) is 0 Å². The quantitative estimate of drug-likeness (QED) is 0.616. The molecule has 1 aliphatic carbocycles. The summed E-state index contributed by atoms with van der Waals surface area (Å²) in [6.45, 7) is 2.25. The molecule has 9 heavy (non-hydrogen) atoms. The van der Waals surface area contributed by atoms with Gasteiger partial charge in [0.05, 0.1) is 18.8 Å². The van der Waals surface area contributed by atoms with Gasteiger partial charge in [-0.2, -0.15) is 0 Å². The van der Waals surface area contributed by atoms with Crippen LogP contribution in [0.4, 0.5) is 0 Å². The van der Waals surface area contributed by atoms with Gasteiger partial charge in [-0.3, -0.25) is 0 Å². The average molecular weight is 130 g/mol. The summed E-state index contributed by atoms with van der Waals surface area (Å²) in [5.74, 6) is 0. The van der Waals surface area contributed by atoms with Crippen LogP contribution in [0.2, 0.25) is 0 Å². The Kier molecular flexibility index (Phi) is 2.49. The molecule has 1 saturated carbocycles. The van der Waals surface area contributed by atoms with Crippen molar-refractivity contribution in [1.29, 1.82) is 0 Å². The minimum Gasteiger partial charge on any atom is -0.391 e. The first-order valence-electron chi connectivity index (χ1n) is 3.58. The van der Waals surface area contributed by atoms with E-state index in [1.165, 1.54) is 19.3 Å². The van der Waals surface area contributed by atoms with Gasteiger partial charge < -0.3 is 9.84 Å². The molecule has 1 aliphatic rings. The Morgan fingerprint density at radius 3 is 2.67 bits per heavy atom. The van der Waals surface area contributed by atoms with Gasteiger partial charge in [0.2, 0.25) is 0 Å². The summed E-state index contributed by atoms with van der Waals surface area (Å²) in [5.41, 5.74) is 0. The van der Waals surface area contributed by atoms with Crippen LogP contribution < -0.4 is 0 Å². The van der Waals surface area contributed by atoms with E-state index in [1.54, 1.807) is 6.92 Å². The fourth-order valence-corrected chi connectivity index (χ4v) is 0.813. The maximum Gasteiger partial charge on any atom is 0.0745 e. The first-order valence-corrected chi connectivity index (χ1v) is 3.58. The molecule has 1 N–H and O–H groups in total. The Hall–Kier alpha value is -0.0800. The van der Waals surface area contributed by atoms with Gasteiger partial charge in [-0.15, -0.1) is 0 Å². The van der Waals surface area contributed by atoms with E-state index in [0.29, 0.717) is 12.7 Å². The highest BCUT2D eigenvalue weighted by atomic mass is 16.5. The Morgan fingerprint density at radius 2 is 2.33 bits per heavy atom. The van der Waals surface area contributed by atoms with Crippen LogP contribution in [0.1, 0.15) is 26.2 Å². The predicted octanol–water partition coefficient (Wildman–Crippen LogP) is 0.936. The van der Waals surface area contributed by atoms with E-state index >= 15 is 0 Å². The molecule has 0 spiro atoms. The standard InChI is InChI=1S/C7H14O2/c1-6(8)5-9-7-3-2-4-7/h6-8H,2-5H2,1H3. The zero-order valence-electron chi connectivity index (χ0n) is 5.84.